The second kappa shape index (κ2) is 12.6. The number of hydrogen-bond donors (Lipinski definition) is 1. The maximum absolute atomic E-state index is 12.2. The predicted molar refractivity (Wildman–Crippen MR) is 112 cm³/mol. The molecule has 29 heavy (non-hydrogen) atoms. The van der Waals surface area contributed by atoms with Crippen LogP contribution in [-0.2, 0) is 19.1 Å². The molecule has 1 N–H and O–H groups in total. The van der Waals surface area contributed by atoms with E-state index < -0.39 is 0 Å². The lowest BCUT2D eigenvalue weighted by atomic mass is 9.98. The van der Waals surface area contributed by atoms with Crippen molar-refractivity contribution >= 4 is 17.8 Å². The number of nitrogens with zero attached hydrogens (tertiary/aromatic N) is 4. The van der Waals surface area contributed by atoms with Crippen LogP contribution in [0, 0.1) is 5.92 Å². The number of morpholine rings is 1. The number of aliphatic imine (C=N–C) groups is 1. The fraction of sp³-hybridized carbons (Fsp3) is 0.850. The highest BCUT2D eigenvalue weighted by molar-refractivity contribution is 5.85. The van der Waals surface area contributed by atoms with E-state index in [2.05, 4.69) is 20.1 Å². The largest absolute Gasteiger partial charge is 0.466 e. The normalized spacial score (nSPS) is 21.0. The third-order valence-corrected chi connectivity index (χ3v) is 5.24. The van der Waals surface area contributed by atoms with Gasteiger partial charge in [-0.1, -0.05) is 0 Å². The standard InChI is InChI=1S/C20H37N5O4/c1-4-29-19(27)17-7-5-10-25(16-17)20(22-15-18(26)23(2)3)21-8-6-9-24-11-13-28-14-12-24/h17H,4-16H2,1-3H3,(H,21,22). The van der Waals surface area contributed by atoms with Gasteiger partial charge in [0.1, 0.15) is 6.54 Å². The molecule has 0 spiro atoms. The third-order valence-electron chi connectivity index (χ3n) is 5.24. The average molecular weight is 412 g/mol. The molecule has 0 aliphatic carbocycles. The molecule has 2 fully saturated rings. The molecule has 0 radical (unpaired) electrons. The molecule has 0 saturated carbocycles. The molecule has 2 saturated heterocycles. The number of amides is 1. The lowest BCUT2D eigenvalue weighted by Crippen LogP contribution is -2.49. The first-order chi connectivity index (χ1) is 14.0. The number of hydrogen-bond acceptors (Lipinski definition) is 6. The van der Waals surface area contributed by atoms with Crippen molar-refractivity contribution in [2.24, 2.45) is 10.9 Å². The Morgan fingerprint density at radius 3 is 2.69 bits per heavy atom. The van der Waals surface area contributed by atoms with Crippen molar-refractivity contribution in [3.8, 4) is 0 Å². The second-order valence-corrected chi connectivity index (χ2v) is 7.70. The van der Waals surface area contributed by atoms with Gasteiger partial charge in [-0.3, -0.25) is 14.5 Å². The molecule has 2 aliphatic rings. The Bertz CT molecular complexity index is 549. The van der Waals surface area contributed by atoms with E-state index in [0.29, 0.717) is 19.1 Å². The van der Waals surface area contributed by atoms with Crippen LogP contribution in [0.15, 0.2) is 4.99 Å². The minimum atomic E-state index is -0.145. The van der Waals surface area contributed by atoms with Crippen molar-refractivity contribution in [1.29, 1.82) is 0 Å². The monoisotopic (exact) mass is 411 g/mol. The minimum Gasteiger partial charge on any atom is -0.466 e. The van der Waals surface area contributed by atoms with Crippen LogP contribution in [0.25, 0.3) is 0 Å². The van der Waals surface area contributed by atoms with Gasteiger partial charge in [-0.05, 0) is 32.7 Å². The van der Waals surface area contributed by atoms with Gasteiger partial charge in [0.25, 0.3) is 0 Å². The molecular formula is C20H37N5O4. The van der Waals surface area contributed by atoms with E-state index in [1.165, 1.54) is 4.90 Å². The molecule has 1 atom stereocenters. The molecule has 9 heteroatoms. The van der Waals surface area contributed by atoms with E-state index in [0.717, 1.165) is 65.2 Å². The van der Waals surface area contributed by atoms with E-state index >= 15 is 0 Å². The summed E-state index contributed by atoms with van der Waals surface area (Å²) < 4.78 is 10.6. The first kappa shape index (κ1) is 23.4. The first-order valence-corrected chi connectivity index (χ1v) is 10.7. The van der Waals surface area contributed by atoms with Crippen LogP contribution in [0.3, 0.4) is 0 Å². The van der Waals surface area contributed by atoms with Crippen LogP contribution >= 0.6 is 0 Å². The number of carbonyl (C=O) groups is 2. The maximum Gasteiger partial charge on any atom is 0.310 e. The zero-order valence-electron chi connectivity index (χ0n) is 18.2. The summed E-state index contributed by atoms with van der Waals surface area (Å²) in [6.07, 6.45) is 2.71. The zero-order chi connectivity index (χ0) is 21.1. The van der Waals surface area contributed by atoms with Gasteiger partial charge in [0.15, 0.2) is 5.96 Å². The molecule has 2 rings (SSSR count). The van der Waals surface area contributed by atoms with Crippen molar-refractivity contribution in [3.63, 3.8) is 0 Å². The number of rotatable bonds is 8. The summed E-state index contributed by atoms with van der Waals surface area (Å²) in [4.78, 5) is 34.7. The smallest absolute Gasteiger partial charge is 0.310 e. The molecule has 9 nitrogen and oxygen atoms in total. The van der Waals surface area contributed by atoms with Gasteiger partial charge >= 0.3 is 5.97 Å². The van der Waals surface area contributed by atoms with E-state index in [9.17, 15) is 9.59 Å². The summed E-state index contributed by atoms with van der Waals surface area (Å²) in [5.74, 6) is 0.370. The van der Waals surface area contributed by atoms with Gasteiger partial charge < -0.3 is 24.6 Å². The van der Waals surface area contributed by atoms with E-state index in [1.54, 1.807) is 14.1 Å². The van der Waals surface area contributed by atoms with Crippen molar-refractivity contribution in [2.45, 2.75) is 26.2 Å². The minimum absolute atomic E-state index is 0.0448. The molecule has 1 unspecified atom stereocenters. The van der Waals surface area contributed by atoms with Gasteiger partial charge in [0.2, 0.25) is 5.91 Å². The summed E-state index contributed by atoms with van der Waals surface area (Å²) >= 11 is 0. The molecule has 1 amide bonds. The summed E-state index contributed by atoms with van der Waals surface area (Å²) in [6.45, 7) is 9.05. The highest BCUT2D eigenvalue weighted by atomic mass is 16.5. The number of piperidine rings is 1. The van der Waals surface area contributed by atoms with Crippen LogP contribution in [-0.4, -0.2) is 112 Å². The van der Waals surface area contributed by atoms with Gasteiger partial charge in [-0.25, -0.2) is 4.99 Å². The number of esters is 1. The van der Waals surface area contributed by atoms with Gasteiger partial charge in [0, 0.05) is 46.8 Å². The predicted octanol–water partition coefficient (Wildman–Crippen LogP) is 0.0176. The van der Waals surface area contributed by atoms with Crippen LogP contribution in [0.2, 0.25) is 0 Å². The second-order valence-electron chi connectivity index (χ2n) is 7.70. The van der Waals surface area contributed by atoms with Crippen molar-refractivity contribution < 1.29 is 19.1 Å². The van der Waals surface area contributed by atoms with Crippen LogP contribution in [0.5, 0.6) is 0 Å². The van der Waals surface area contributed by atoms with Crippen LogP contribution in [0.1, 0.15) is 26.2 Å². The lowest BCUT2D eigenvalue weighted by Gasteiger charge is -2.34. The first-order valence-electron chi connectivity index (χ1n) is 10.7. The Morgan fingerprint density at radius 2 is 2.00 bits per heavy atom. The maximum atomic E-state index is 12.2. The number of likely N-dealkylation sites (tertiary alicyclic amines) is 1. The quantitative estimate of drug-likeness (QED) is 0.261. The molecule has 0 aromatic rings. The SMILES string of the molecule is CCOC(=O)C1CCCN(C(=NCC(=O)N(C)C)NCCCN2CCOCC2)C1. The Hall–Kier alpha value is -1.87. The molecule has 2 aliphatic heterocycles. The molecule has 2 heterocycles. The summed E-state index contributed by atoms with van der Waals surface area (Å²) in [6, 6.07) is 0. The van der Waals surface area contributed by atoms with Crippen LogP contribution in [0.4, 0.5) is 0 Å². The number of guanidine groups is 1. The zero-order valence-corrected chi connectivity index (χ0v) is 18.2. The Balaban J connectivity index is 1.91. The average Bonchev–Trinajstić information content (AvgIpc) is 2.74. The topological polar surface area (TPSA) is 86.7 Å². The highest BCUT2D eigenvalue weighted by Gasteiger charge is 2.28. The number of likely N-dealkylation sites (N-methyl/N-ethyl adjacent to an activating group) is 1. The Morgan fingerprint density at radius 1 is 1.24 bits per heavy atom. The van der Waals surface area contributed by atoms with E-state index in [4.69, 9.17) is 9.47 Å². The number of nitrogens with one attached hydrogen (secondary N) is 1. The molecule has 166 valence electrons. The van der Waals surface area contributed by atoms with E-state index in [-0.39, 0.29) is 24.3 Å². The number of carbonyl (C=O) groups excluding carboxylic acids is 2. The molecule has 0 bridgehead atoms. The van der Waals surface area contributed by atoms with Crippen molar-refractivity contribution in [1.82, 2.24) is 20.0 Å². The Kier molecular flexibility index (Phi) is 10.2. The fourth-order valence-corrected chi connectivity index (χ4v) is 3.50. The summed E-state index contributed by atoms with van der Waals surface area (Å²) in [5, 5.41) is 3.41. The summed E-state index contributed by atoms with van der Waals surface area (Å²) in [7, 11) is 3.45. The molecular weight excluding hydrogens is 374 g/mol. The fourth-order valence-electron chi connectivity index (χ4n) is 3.50. The Labute approximate surface area is 174 Å². The third kappa shape index (κ3) is 8.18. The van der Waals surface area contributed by atoms with Crippen molar-refractivity contribution in [2.75, 3.05) is 79.7 Å². The van der Waals surface area contributed by atoms with Gasteiger partial charge in [-0.2, -0.15) is 0 Å². The van der Waals surface area contributed by atoms with E-state index in [1.807, 2.05) is 6.92 Å². The van der Waals surface area contributed by atoms with Gasteiger partial charge in [-0.15, -0.1) is 0 Å². The van der Waals surface area contributed by atoms with Gasteiger partial charge in [0.05, 0.1) is 25.7 Å². The number of ether oxygens (including phenoxy) is 2. The van der Waals surface area contributed by atoms with Crippen LogP contribution < -0.4 is 5.32 Å². The highest BCUT2D eigenvalue weighted by Crippen LogP contribution is 2.18. The molecule has 0 aromatic heterocycles. The summed E-state index contributed by atoms with van der Waals surface area (Å²) in [5.41, 5.74) is 0. The van der Waals surface area contributed by atoms with Crippen molar-refractivity contribution in [3.05, 3.63) is 0 Å². The lowest BCUT2D eigenvalue weighted by molar-refractivity contribution is -0.149. The molecule has 0 aromatic carbocycles.